The molecule has 1 aliphatic heterocycles. The first-order valence-corrected chi connectivity index (χ1v) is 7.14. The van der Waals surface area contributed by atoms with Crippen molar-refractivity contribution in [2.24, 2.45) is 5.92 Å². The molecule has 1 heterocycles. The number of likely N-dealkylation sites (tertiary alicyclic amines) is 1. The molecule has 1 aromatic carbocycles. The van der Waals surface area contributed by atoms with Crippen molar-refractivity contribution < 1.29 is 22.7 Å². The lowest BCUT2D eigenvalue weighted by atomic mass is 9.99. The van der Waals surface area contributed by atoms with Gasteiger partial charge >= 0.3 is 6.18 Å². The number of hydrogen-bond donors (Lipinski definition) is 1. The minimum absolute atomic E-state index is 0.157. The van der Waals surface area contributed by atoms with E-state index in [4.69, 9.17) is 10.5 Å². The third-order valence-electron chi connectivity index (χ3n) is 3.83. The van der Waals surface area contributed by atoms with Crippen LogP contribution in [0.4, 0.5) is 18.9 Å². The number of piperidine rings is 1. The van der Waals surface area contributed by atoms with Crippen molar-refractivity contribution in [3.63, 3.8) is 0 Å². The monoisotopic (exact) mass is 316 g/mol. The molecule has 0 aliphatic carbocycles. The molecule has 2 N–H and O–H groups in total. The first-order chi connectivity index (χ1) is 10.3. The van der Waals surface area contributed by atoms with Crippen LogP contribution in [0.15, 0.2) is 18.2 Å². The van der Waals surface area contributed by atoms with Gasteiger partial charge in [-0.05, 0) is 30.9 Å². The minimum Gasteiger partial charge on any atom is -0.484 e. The Morgan fingerprint density at radius 3 is 2.55 bits per heavy atom. The summed E-state index contributed by atoms with van der Waals surface area (Å²) in [4.78, 5) is 13.7. The second-order valence-corrected chi connectivity index (χ2v) is 5.60. The van der Waals surface area contributed by atoms with Crippen LogP contribution in [0.2, 0.25) is 0 Å². The molecule has 122 valence electrons. The van der Waals surface area contributed by atoms with Crippen molar-refractivity contribution in [2.75, 3.05) is 25.4 Å². The number of nitrogen functional groups attached to an aromatic ring is 1. The van der Waals surface area contributed by atoms with Gasteiger partial charge in [0.2, 0.25) is 0 Å². The average molecular weight is 316 g/mol. The van der Waals surface area contributed by atoms with Gasteiger partial charge in [0.25, 0.3) is 5.91 Å². The van der Waals surface area contributed by atoms with Gasteiger partial charge in [0, 0.05) is 24.8 Å². The van der Waals surface area contributed by atoms with Crippen LogP contribution in [0.25, 0.3) is 0 Å². The highest BCUT2D eigenvalue weighted by molar-refractivity contribution is 5.77. The molecule has 0 saturated carbocycles. The number of ether oxygens (including phenoxy) is 1. The number of carbonyl (C=O) groups excluding carboxylic acids is 1. The van der Waals surface area contributed by atoms with Gasteiger partial charge in [-0.3, -0.25) is 4.79 Å². The Kier molecular flexibility index (Phi) is 4.83. The number of alkyl halides is 3. The molecule has 4 nitrogen and oxygen atoms in total. The highest BCUT2D eigenvalue weighted by atomic mass is 19.4. The molecule has 0 atom stereocenters. The summed E-state index contributed by atoms with van der Waals surface area (Å²) in [5.74, 6) is 0.606. The summed E-state index contributed by atoms with van der Waals surface area (Å²) in [5, 5.41) is 0. The number of amides is 1. The van der Waals surface area contributed by atoms with Crippen LogP contribution in [-0.4, -0.2) is 30.5 Å². The van der Waals surface area contributed by atoms with Gasteiger partial charge < -0.3 is 15.4 Å². The van der Waals surface area contributed by atoms with Crippen molar-refractivity contribution in [3.8, 4) is 5.75 Å². The average Bonchev–Trinajstić information content (AvgIpc) is 2.44. The molecule has 1 amide bonds. The van der Waals surface area contributed by atoms with Crippen LogP contribution in [0.3, 0.4) is 0 Å². The second-order valence-electron chi connectivity index (χ2n) is 5.60. The number of hydrogen-bond acceptors (Lipinski definition) is 3. The molecule has 1 aromatic rings. The fourth-order valence-electron chi connectivity index (χ4n) is 2.38. The summed E-state index contributed by atoms with van der Waals surface area (Å²) in [6.45, 7) is 3.33. The maximum absolute atomic E-state index is 12.6. The van der Waals surface area contributed by atoms with E-state index in [2.05, 4.69) is 6.92 Å². The molecular weight excluding hydrogens is 297 g/mol. The van der Waals surface area contributed by atoms with E-state index in [0.717, 1.165) is 25.0 Å². The van der Waals surface area contributed by atoms with E-state index < -0.39 is 17.4 Å². The summed E-state index contributed by atoms with van der Waals surface area (Å²) in [6.07, 6.45) is -2.58. The van der Waals surface area contributed by atoms with Gasteiger partial charge in [-0.25, -0.2) is 0 Å². The molecule has 0 unspecified atom stereocenters. The van der Waals surface area contributed by atoms with E-state index in [9.17, 15) is 18.0 Å². The van der Waals surface area contributed by atoms with Crippen molar-refractivity contribution in [1.82, 2.24) is 4.90 Å². The number of nitrogens with zero attached hydrogens (tertiary/aromatic N) is 1. The lowest BCUT2D eigenvalue weighted by Gasteiger charge is -2.30. The van der Waals surface area contributed by atoms with Gasteiger partial charge in [0.15, 0.2) is 6.61 Å². The molecule has 0 bridgehead atoms. The van der Waals surface area contributed by atoms with Gasteiger partial charge in [-0.15, -0.1) is 0 Å². The van der Waals surface area contributed by atoms with E-state index in [1.165, 1.54) is 6.07 Å². The highest BCUT2D eigenvalue weighted by Gasteiger charge is 2.33. The van der Waals surface area contributed by atoms with E-state index in [1.54, 1.807) is 4.90 Å². The number of rotatable bonds is 3. The Morgan fingerprint density at radius 2 is 2.00 bits per heavy atom. The summed E-state index contributed by atoms with van der Waals surface area (Å²) in [5.41, 5.74) is 4.06. The molecule has 0 spiro atoms. The molecular formula is C15H19F3N2O2. The largest absolute Gasteiger partial charge is 0.484 e. The first kappa shape index (κ1) is 16.5. The Labute approximate surface area is 127 Å². The van der Waals surface area contributed by atoms with E-state index in [1.807, 2.05) is 0 Å². The smallest absolute Gasteiger partial charge is 0.418 e. The lowest BCUT2D eigenvalue weighted by Crippen LogP contribution is -2.40. The van der Waals surface area contributed by atoms with Crippen LogP contribution in [-0.2, 0) is 11.0 Å². The summed E-state index contributed by atoms with van der Waals surface area (Å²) < 4.78 is 43.0. The third-order valence-corrected chi connectivity index (χ3v) is 3.83. The minimum atomic E-state index is -4.50. The van der Waals surface area contributed by atoms with Crippen molar-refractivity contribution in [2.45, 2.75) is 25.9 Å². The summed E-state index contributed by atoms with van der Waals surface area (Å²) >= 11 is 0. The first-order valence-electron chi connectivity index (χ1n) is 7.14. The SMILES string of the molecule is CC1CCN(C(=O)COc2ccc(C(F)(F)F)c(N)c2)CC1. The zero-order valence-corrected chi connectivity index (χ0v) is 12.3. The zero-order valence-electron chi connectivity index (χ0n) is 12.3. The normalized spacial score (nSPS) is 16.6. The molecule has 0 radical (unpaired) electrons. The maximum atomic E-state index is 12.6. The zero-order chi connectivity index (χ0) is 16.3. The summed E-state index contributed by atoms with van der Waals surface area (Å²) in [6, 6.07) is 3.12. The Bertz CT molecular complexity index is 538. The van der Waals surface area contributed by atoms with E-state index in [0.29, 0.717) is 19.0 Å². The topological polar surface area (TPSA) is 55.6 Å². The second kappa shape index (κ2) is 6.46. The van der Waals surface area contributed by atoms with Crippen molar-refractivity contribution in [3.05, 3.63) is 23.8 Å². The van der Waals surface area contributed by atoms with Gasteiger partial charge in [-0.2, -0.15) is 13.2 Å². The van der Waals surface area contributed by atoms with Gasteiger partial charge in [0.1, 0.15) is 5.75 Å². The van der Waals surface area contributed by atoms with Gasteiger partial charge in [0.05, 0.1) is 5.56 Å². The molecule has 0 aromatic heterocycles. The van der Waals surface area contributed by atoms with Crippen LogP contribution < -0.4 is 10.5 Å². The van der Waals surface area contributed by atoms with Gasteiger partial charge in [-0.1, -0.05) is 6.92 Å². The highest BCUT2D eigenvalue weighted by Crippen LogP contribution is 2.35. The predicted molar refractivity (Wildman–Crippen MR) is 76.3 cm³/mol. The van der Waals surface area contributed by atoms with Crippen LogP contribution in [0.1, 0.15) is 25.3 Å². The fraction of sp³-hybridized carbons (Fsp3) is 0.533. The van der Waals surface area contributed by atoms with Crippen LogP contribution >= 0.6 is 0 Å². The lowest BCUT2D eigenvalue weighted by molar-refractivity contribution is -0.137. The molecule has 1 saturated heterocycles. The Morgan fingerprint density at radius 1 is 1.36 bits per heavy atom. The maximum Gasteiger partial charge on any atom is 0.418 e. The summed E-state index contributed by atoms with van der Waals surface area (Å²) in [7, 11) is 0. The fourth-order valence-corrected chi connectivity index (χ4v) is 2.38. The number of halogens is 3. The number of anilines is 1. The van der Waals surface area contributed by atoms with Crippen LogP contribution in [0, 0.1) is 5.92 Å². The number of benzene rings is 1. The van der Waals surface area contributed by atoms with Crippen molar-refractivity contribution in [1.29, 1.82) is 0 Å². The Hall–Kier alpha value is -1.92. The number of nitrogens with two attached hydrogens (primary N) is 1. The van der Waals surface area contributed by atoms with E-state index in [-0.39, 0.29) is 18.3 Å². The molecule has 1 aliphatic rings. The third kappa shape index (κ3) is 4.05. The molecule has 1 fully saturated rings. The van der Waals surface area contributed by atoms with Crippen molar-refractivity contribution >= 4 is 11.6 Å². The standard InChI is InChI=1S/C15H19F3N2O2/c1-10-4-6-20(7-5-10)14(21)9-22-11-2-3-12(13(19)8-11)15(16,17)18/h2-3,8,10H,4-7,9,19H2,1H3. The Balaban J connectivity index is 1.92. The predicted octanol–water partition coefficient (Wildman–Crippen LogP) is 2.92. The molecule has 22 heavy (non-hydrogen) atoms. The molecule has 2 rings (SSSR count). The van der Waals surface area contributed by atoms with Crippen LogP contribution in [0.5, 0.6) is 5.75 Å². The quantitative estimate of drug-likeness (QED) is 0.872. The number of carbonyl (C=O) groups is 1. The molecule has 7 heteroatoms. The van der Waals surface area contributed by atoms with E-state index >= 15 is 0 Å².